The standard InChI is InChI=1S/C11H16N4O5/c1-3-11(12)7(17)6(5(2)16)20-8(11)15-4-13-9(18)14-10(15)19/h1,4-8,10,16-17,19H,12H2,2H3,(H,14,18)/t5-,6+,7?,8+,10?,11?/m0/s1. The molecular formula is C11H16N4O5. The number of nitrogens with two attached hydrogens (primary N) is 1. The summed E-state index contributed by atoms with van der Waals surface area (Å²) in [6.45, 7) is 1.41. The summed E-state index contributed by atoms with van der Waals surface area (Å²) < 4.78 is 5.44. The Balaban J connectivity index is 2.33. The molecule has 2 rings (SSSR count). The number of carbonyl (C=O) groups excluding carboxylic acids is 1. The Morgan fingerprint density at radius 2 is 2.35 bits per heavy atom. The van der Waals surface area contributed by atoms with Gasteiger partial charge in [-0.15, -0.1) is 6.42 Å². The van der Waals surface area contributed by atoms with E-state index in [9.17, 15) is 20.1 Å². The monoisotopic (exact) mass is 284 g/mol. The van der Waals surface area contributed by atoms with Crippen LogP contribution in [0, 0.1) is 12.3 Å². The molecule has 2 heterocycles. The molecule has 2 aliphatic heterocycles. The van der Waals surface area contributed by atoms with Crippen molar-refractivity contribution in [2.75, 3.05) is 0 Å². The highest BCUT2D eigenvalue weighted by atomic mass is 16.6. The zero-order valence-electron chi connectivity index (χ0n) is 10.7. The average molecular weight is 284 g/mol. The van der Waals surface area contributed by atoms with Crippen LogP contribution in [0.1, 0.15) is 6.92 Å². The number of aliphatic hydroxyl groups excluding tert-OH is 3. The molecule has 0 radical (unpaired) electrons. The molecule has 6 N–H and O–H groups in total. The lowest BCUT2D eigenvalue weighted by Crippen LogP contribution is -2.65. The van der Waals surface area contributed by atoms with Gasteiger partial charge >= 0.3 is 6.03 Å². The van der Waals surface area contributed by atoms with Crippen LogP contribution in [0.5, 0.6) is 0 Å². The fourth-order valence-corrected chi connectivity index (χ4v) is 2.20. The second-order valence-corrected chi connectivity index (χ2v) is 4.73. The van der Waals surface area contributed by atoms with Crippen molar-refractivity contribution >= 4 is 12.4 Å². The zero-order valence-corrected chi connectivity index (χ0v) is 10.7. The van der Waals surface area contributed by atoms with Crippen molar-refractivity contribution < 1.29 is 24.9 Å². The number of hydrogen-bond acceptors (Lipinski definition) is 7. The summed E-state index contributed by atoms with van der Waals surface area (Å²) in [5, 5.41) is 31.6. The van der Waals surface area contributed by atoms with Gasteiger partial charge in [0.1, 0.15) is 18.5 Å². The van der Waals surface area contributed by atoms with Crippen LogP contribution in [0.3, 0.4) is 0 Å². The van der Waals surface area contributed by atoms with E-state index in [0.29, 0.717) is 0 Å². The molecule has 0 aromatic carbocycles. The molecule has 2 aliphatic rings. The number of terminal acetylenes is 1. The second-order valence-electron chi connectivity index (χ2n) is 4.73. The number of nitrogens with zero attached hydrogens (tertiary/aromatic N) is 2. The summed E-state index contributed by atoms with van der Waals surface area (Å²) >= 11 is 0. The molecule has 0 aromatic heterocycles. The van der Waals surface area contributed by atoms with Gasteiger partial charge in [-0.3, -0.25) is 10.2 Å². The lowest BCUT2D eigenvalue weighted by atomic mass is 9.90. The number of nitrogens with one attached hydrogen (secondary N) is 1. The predicted octanol–water partition coefficient (Wildman–Crippen LogP) is -2.89. The van der Waals surface area contributed by atoms with E-state index in [-0.39, 0.29) is 0 Å². The third kappa shape index (κ3) is 2.13. The summed E-state index contributed by atoms with van der Waals surface area (Å²) in [5.41, 5.74) is 4.27. The lowest BCUT2D eigenvalue weighted by Gasteiger charge is -2.38. The zero-order chi connectivity index (χ0) is 15.1. The Hall–Kier alpha value is -1.70. The highest BCUT2D eigenvalue weighted by molar-refractivity contribution is 5.85. The number of carbonyl (C=O) groups is 1. The normalized spacial score (nSPS) is 42.2. The first-order valence-electron chi connectivity index (χ1n) is 5.89. The molecule has 0 bridgehead atoms. The SMILES string of the molecule is C#CC1(N)C(O)[C@@H]([C@H](C)O)O[C@H]1N1C=NC(=O)NC1O. The fourth-order valence-electron chi connectivity index (χ4n) is 2.20. The van der Waals surface area contributed by atoms with Gasteiger partial charge in [0.2, 0.25) is 6.35 Å². The molecule has 1 fully saturated rings. The van der Waals surface area contributed by atoms with Crippen LogP contribution in [0.15, 0.2) is 4.99 Å². The van der Waals surface area contributed by atoms with Crippen molar-refractivity contribution in [2.45, 2.75) is 43.4 Å². The predicted molar refractivity (Wildman–Crippen MR) is 67.0 cm³/mol. The minimum absolute atomic E-state index is 0.734. The topological polar surface area (TPSA) is 141 Å². The van der Waals surface area contributed by atoms with E-state index in [4.69, 9.17) is 16.9 Å². The van der Waals surface area contributed by atoms with Gasteiger partial charge in [-0.2, -0.15) is 4.99 Å². The summed E-state index contributed by atoms with van der Waals surface area (Å²) in [5.74, 6) is 2.22. The largest absolute Gasteiger partial charge is 0.391 e. The van der Waals surface area contributed by atoms with Crippen LogP contribution in [-0.4, -0.2) is 69.0 Å². The highest BCUT2D eigenvalue weighted by Gasteiger charge is 2.57. The molecule has 9 heteroatoms. The van der Waals surface area contributed by atoms with E-state index in [1.54, 1.807) is 0 Å². The van der Waals surface area contributed by atoms with Crippen molar-refractivity contribution in [3.63, 3.8) is 0 Å². The van der Waals surface area contributed by atoms with Gasteiger partial charge in [0, 0.05) is 0 Å². The van der Waals surface area contributed by atoms with Gasteiger partial charge < -0.3 is 25.8 Å². The first kappa shape index (κ1) is 14.7. The summed E-state index contributed by atoms with van der Waals surface area (Å²) in [6, 6.07) is -0.734. The Morgan fingerprint density at radius 3 is 2.85 bits per heavy atom. The number of ether oxygens (including phenoxy) is 1. The summed E-state index contributed by atoms with van der Waals surface area (Å²) in [6.07, 6.45) is 0.342. The first-order chi connectivity index (χ1) is 9.31. The van der Waals surface area contributed by atoms with Crippen molar-refractivity contribution in [1.29, 1.82) is 0 Å². The van der Waals surface area contributed by atoms with E-state index in [1.807, 2.05) is 0 Å². The van der Waals surface area contributed by atoms with Crippen molar-refractivity contribution in [3.05, 3.63) is 0 Å². The van der Waals surface area contributed by atoms with Gasteiger partial charge in [-0.1, -0.05) is 5.92 Å². The maximum absolute atomic E-state index is 11.0. The van der Waals surface area contributed by atoms with Gasteiger partial charge in [0.05, 0.1) is 6.10 Å². The number of rotatable bonds is 2. The molecule has 0 aromatic rings. The Labute approximate surface area is 115 Å². The quantitative estimate of drug-likeness (QED) is 0.343. The summed E-state index contributed by atoms with van der Waals surface area (Å²) in [7, 11) is 0. The third-order valence-corrected chi connectivity index (χ3v) is 3.33. The number of urea groups is 1. The Bertz CT molecular complexity index is 476. The molecular weight excluding hydrogens is 268 g/mol. The minimum atomic E-state index is -1.68. The number of hydrogen-bond donors (Lipinski definition) is 5. The molecule has 0 spiro atoms. The average Bonchev–Trinajstić information content (AvgIpc) is 2.64. The maximum Gasteiger partial charge on any atom is 0.345 e. The molecule has 0 saturated carbocycles. The molecule has 0 aliphatic carbocycles. The second kappa shape index (κ2) is 5.01. The van der Waals surface area contributed by atoms with E-state index in [2.05, 4.69) is 16.2 Å². The van der Waals surface area contributed by atoms with Crippen LogP contribution in [-0.2, 0) is 4.74 Å². The molecule has 9 nitrogen and oxygen atoms in total. The van der Waals surface area contributed by atoms with Crippen LogP contribution < -0.4 is 11.1 Å². The Kier molecular flexibility index (Phi) is 3.68. The first-order valence-corrected chi connectivity index (χ1v) is 5.89. The fraction of sp³-hybridized carbons (Fsp3) is 0.636. The van der Waals surface area contributed by atoms with Crippen LogP contribution in [0.4, 0.5) is 4.79 Å². The van der Waals surface area contributed by atoms with E-state index < -0.39 is 42.5 Å². The van der Waals surface area contributed by atoms with Crippen molar-refractivity contribution in [3.8, 4) is 12.3 Å². The van der Waals surface area contributed by atoms with E-state index in [1.165, 1.54) is 6.92 Å². The third-order valence-electron chi connectivity index (χ3n) is 3.33. The molecule has 3 unspecified atom stereocenters. The number of aliphatic hydroxyl groups is 3. The van der Waals surface area contributed by atoms with Crippen molar-refractivity contribution in [1.82, 2.24) is 10.2 Å². The lowest BCUT2D eigenvalue weighted by molar-refractivity contribution is -0.125. The Morgan fingerprint density at radius 1 is 1.70 bits per heavy atom. The van der Waals surface area contributed by atoms with E-state index >= 15 is 0 Å². The smallest absolute Gasteiger partial charge is 0.345 e. The van der Waals surface area contributed by atoms with Crippen LogP contribution in [0.25, 0.3) is 0 Å². The van der Waals surface area contributed by atoms with Gasteiger partial charge in [-0.05, 0) is 6.92 Å². The minimum Gasteiger partial charge on any atom is -0.391 e. The molecule has 1 saturated heterocycles. The van der Waals surface area contributed by atoms with E-state index in [0.717, 1.165) is 11.2 Å². The number of amides is 2. The van der Waals surface area contributed by atoms with Gasteiger partial charge in [0.25, 0.3) is 0 Å². The maximum atomic E-state index is 11.0. The summed E-state index contributed by atoms with van der Waals surface area (Å²) in [4.78, 5) is 15.5. The van der Waals surface area contributed by atoms with Gasteiger partial charge in [-0.25, -0.2) is 4.79 Å². The molecule has 6 atom stereocenters. The molecule has 110 valence electrons. The highest BCUT2D eigenvalue weighted by Crippen LogP contribution is 2.33. The number of aliphatic imine (C=N–C) groups is 1. The van der Waals surface area contributed by atoms with Crippen LogP contribution >= 0.6 is 0 Å². The van der Waals surface area contributed by atoms with Gasteiger partial charge in [0.15, 0.2) is 11.8 Å². The molecule has 20 heavy (non-hydrogen) atoms. The molecule has 2 amide bonds. The van der Waals surface area contributed by atoms with Crippen molar-refractivity contribution in [2.24, 2.45) is 10.7 Å². The van der Waals surface area contributed by atoms with Crippen LogP contribution in [0.2, 0.25) is 0 Å².